The molecule has 2 N–H and O–H groups in total. The van der Waals surface area contributed by atoms with Crippen molar-refractivity contribution in [2.75, 3.05) is 5.32 Å². The number of carboxylic acids is 1. The first-order valence-corrected chi connectivity index (χ1v) is 7.48. The third-order valence-corrected chi connectivity index (χ3v) is 4.06. The maximum atomic E-state index is 12.8. The number of alkyl halides is 3. The van der Waals surface area contributed by atoms with Crippen molar-refractivity contribution < 1.29 is 23.1 Å². The van der Waals surface area contributed by atoms with Crippen molar-refractivity contribution in [1.29, 1.82) is 0 Å². The highest BCUT2D eigenvalue weighted by molar-refractivity contribution is 5.67. The molecular formula is C16H20F3NO2. The molecule has 2 rings (SSSR count). The molecule has 6 heteroatoms. The van der Waals surface area contributed by atoms with Crippen LogP contribution >= 0.6 is 0 Å². The molecule has 0 heterocycles. The quantitative estimate of drug-likeness (QED) is 0.854. The molecule has 122 valence electrons. The van der Waals surface area contributed by atoms with E-state index in [9.17, 15) is 18.0 Å². The van der Waals surface area contributed by atoms with Gasteiger partial charge < -0.3 is 10.4 Å². The molecule has 3 nitrogen and oxygen atoms in total. The van der Waals surface area contributed by atoms with Gasteiger partial charge in [0.05, 0.1) is 5.92 Å². The summed E-state index contributed by atoms with van der Waals surface area (Å²) in [5.74, 6) is -2.09. The Bertz CT molecular complexity index is 516. The normalized spacial score (nSPS) is 22.3. The van der Waals surface area contributed by atoms with Crippen LogP contribution in [-0.2, 0) is 11.2 Å². The SMILES string of the molecule is O=C(O)CCc1cccc(NC2CCCC(C(F)(F)F)C2)c1. The van der Waals surface area contributed by atoms with Crippen molar-refractivity contribution in [2.24, 2.45) is 5.92 Å². The molecular weight excluding hydrogens is 295 g/mol. The lowest BCUT2D eigenvalue weighted by molar-refractivity contribution is -0.182. The number of benzene rings is 1. The number of anilines is 1. The molecule has 22 heavy (non-hydrogen) atoms. The molecule has 0 aliphatic heterocycles. The third kappa shape index (κ3) is 4.93. The zero-order chi connectivity index (χ0) is 16.2. The summed E-state index contributed by atoms with van der Waals surface area (Å²) in [5.41, 5.74) is 1.63. The molecule has 1 aromatic carbocycles. The van der Waals surface area contributed by atoms with Gasteiger partial charge >= 0.3 is 12.1 Å². The molecule has 0 aromatic heterocycles. The maximum Gasteiger partial charge on any atom is 0.391 e. The second-order valence-corrected chi connectivity index (χ2v) is 5.84. The van der Waals surface area contributed by atoms with Crippen LogP contribution in [0.4, 0.5) is 18.9 Å². The van der Waals surface area contributed by atoms with E-state index in [1.165, 1.54) is 0 Å². The van der Waals surface area contributed by atoms with Crippen LogP contribution in [0.3, 0.4) is 0 Å². The summed E-state index contributed by atoms with van der Waals surface area (Å²) in [5, 5.41) is 11.9. The number of aliphatic carboxylic acids is 1. The van der Waals surface area contributed by atoms with E-state index in [0.29, 0.717) is 12.8 Å². The summed E-state index contributed by atoms with van der Waals surface area (Å²) < 4.78 is 38.4. The van der Waals surface area contributed by atoms with Gasteiger partial charge in [0.2, 0.25) is 0 Å². The molecule has 2 unspecified atom stereocenters. The summed E-state index contributed by atoms with van der Waals surface area (Å²) in [4.78, 5) is 10.6. The van der Waals surface area contributed by atoms with Gasteiger partial charge in [-0.25, -0.2) is 0 Å². The van der Waals surface area contributed by atoms with Crippen LogP contribution in [0, 0.1) is 5.92 Å². The van der Waals surface area contributed by atoms with Crippen LogP contribution in [0.5, 0.6) is 0 Å². The van der Waals surface area contributed by atoms with Gasteiger partial charge in [-0.1, -0.05) is 18.6 Å². The van der Waals surface area contributed by atoms with Crippen LogP contribution in [0.25, 0.3) is 0 Å². The predicted octanol–water partition coefficient (Wildman–Crippen LogP) is 4.24. The predicted molar refractivity (Wildman–Crippen MR) is 77.8 cm³/mol. The van der Waals surface area contributed by atoms with E-state index in [0.717, 1.165) is 17.7 Å². The van der Waals surface area contributed by atoms with E-state index in [2.05, 4.69) is 5.32 Å². The number of hydrogen-bond acceptors (Lipinski definition) is 2. The Hall–Kier alpha value is -1.72. The van der Waals surface area contributed by atoms with E-state index in [4.69, 9.17) is 5.11 Å². The van der Waals surface area contributed by atoms with Crippen LogP contribution < -0.4 is 5.32 Å². The van der Waals surface area contributed by atoms with E-state index in [1.807, 2.05) is 18.2 Å². The fourth-order valence-corrected chi connectivity index (χ4v) is 2.92. The molecule has 1 saturated carbocycles. The fourth-order valence-electron chi connectivity index (χ4n) is 2.92. The minimum Gasteiger partial charge on any atom is -0.481 e. The standard InChI is InChI=1S/C16H20F3NO2/c17-16(18,19)12-4-2-6-14(10-12)20-13-5-1-3-11(9-13)7-8-15(21)22/h1,3,5,9,12,14,20H,2,4,6-8,10H2,(H,21,22). The first kappa shape index (κ1) is 16.6. The Balaban J connectivity index is 1.95. The number of hydrogen-bond donors (Lipinski definition) is 2. The smallest absolute Gasteiger partial charge is 0.391 e. The van der Waals surface area contributed by atoms with Gasteiger partial charge in [0, 0.05) is 18.2 Å². The molecule has 0 spiro atoms. The van der Waals surface area contributed by atoms with Gasteiger partial charge in [-0.3, -0.25) is 4.79 Å². The molecule has 1 aliphatic carbocycles. The van der Waals surface area contributed by atoms with Crippen molar-refractivity contribution in [2.45, 2.75) is 50.7 Å². The van der Waals surface area contributed by atoms with Gasteiger partial charge in [0.15, 0.2) is 0 Å². The summed E-state index contributed by atoms with van der Waals surface area (Å²) in [6.07, 6.45) is -2.05. The summed E-state index contributed by atoms with van der Waals surface area (Å²) in [7, 11) is 0. The van der Waals surface area contributed by atoms with E-state index in [1.54, 1.807) is 6.07 Å². The minimum absolute atomic E-state index is 0.0447. The number of halogens is 3. The van der Waals surface area contributed by atoms with Crippen LogP contribution in [0.15, 0.2) is 24.3 Å². The minimum atomic E-state index is -4.12. The number of rotatable bonds is 5. The molecule has 1 aliphatic rings. The lowest BCUT2D eigenvalue weighted by Gasteiger charge is -2.31. The first-order valence-electron chi connectivity index (χ1n) is 7.48. The highest BCUT2D eigenvalue weighted by atomic mass is 19.4. The Morgan fingerprint density at radius 2 is 2.09 bits per heavy atom. The van der Waals surface area contributed by atoms with Crippen LogP contribution in [0.2, 0.25) is 0 Å². The highest BCUT2D eigenvalue weighted by Gasteiger charge is 2.42. The van der Waals surface area contributed by atoms with E-state index >= 15 is 0 Å². The summed E-state index contributed by atoms with van der Waals surface area (Å²) in [6.45, 7) is 0. The second-order valence-electron chi connectivity index (χ2n) is 5.84. The van der Waals surface area contributed by atoms with E-state index in [-0.39, 0.29) is 25.3 Å². The number of carbonyl (C=O) groups is 1. The molecule has 0 radical (unpaired) electrons. The summed E-state index contributed by atoms with van der Waals surface area (Å²) >= 11 is 0. The van der Waals surface area contributed by atoms with Gasteiger partial charge in [-0.05, 0) is 43.4 Å². The average molecular weight is 315 g/mol. The van der Waals surface area contributed by atoms with E-state index < -0.39 is 18.1 Å². The van der Waals surface area contributed by atoms with Crippen molar-refractivity contribution >= 4 is 11.7 Å². The Kier molecular flexibility index (Phi) is 5.32. The van der Waals surface area contributed by atoms with Gasteiger partial charge in [0.1, 0.15) is 0 Å². The number of nitrogens with one attached hydrogen (secondary N) is 1. The molecule has 1 fully saturated rings. The van der Waals surface area contributed by atoms with Gasteiger partial charge in [0.25, 0.3) is 0 Å². The van der Waals surface area contributed by atoms with Crippen molar-refractivity contribution in [3.8, 4) is 0 Å². The zero-order valence-electron chi connectivity index (χ0n) is 12.2. The van der Waals surface area contributed by atoms with Gasteiger partial charge in [-0.2, -0.15) is 13.2 Å². The van der Waals surface area contributed by atoms with Crippen molar-refractivity contribution in [3.05, 3.63) is 29.8 Å². The first-order chi connectivity index (χ1) is 10.3. The van der Waals surface area contributed by atoms with Crippen molar-refractivity contribution in [3.63, 3.8) is 0 Å². The average Bonchev–Trinajstić information content (AvgIpc) is 2.45. The lowest BCUT2D eigenvalue weighted by Crippen LogP contribution is -2.34. The second kappa shape index (κ2) is 7.03. The highest BCUT2D eigenvalue weighted by Crippen LogP contribution is 2.38. The molecule has 1 aromatic rings. The Morgan fingerprint density at radius 3 is 2.77 bits per heavy atom. The molecule has 0 amide bonds. The maximum absolute atomic E-state index is 12.8. The van der Waals surface area contributed by atoms with Crippen LogP contribution in [-0.4, -0.2) is 23.3 Å². The number of carboxylic acid groups (broad SMARTS) is 1. The summed E-state index contributed by atoms with van der Waals surface area (Å²) in [6, 6.07) is 7.06. The topological polar surface area (TPSA) is 49.3 Å². The third-order valence-electron chi connectivity index (χ3n) is 4.06. The van der Waals surface area contributed by atoms with Gasteiger partial charge in [-0.15, -0.1) is 0 Å². The zero-order valence-corrected chi connectivity index (χ0v) is 12.2. The largest absolute Gasteiger partial charge is 0.481 e. The molecule has 0 saturated heterocycles. The fraction of sp³-hybridized carbons (Fsp3) is 0.562. The van der Waals surface area contributed by atoms with Crippen LogP contribution in [0.1, 0.15) is 37.7 Å². The Morgan fingerprint density at radius 1 is 1.32 bits per heavy atom. The molecule has 0 bridgehead atoms. The monoisotopic (exact) mass is 315 g/mol. The van der Waals surface area contributed by atoms with Crippen molar-refractivity contribution in [1.82, 2.24) is 0 Å². The lowest BCUT2D eigenvalue weighted by atomic mass is 9.85. The Labute approximate surface area is 127 Å². The molecule has 2 atom stereocenters. The number of aryl methyl sites for hydroxylation is 1.